The van der Waals surface area contributed by atoms with Gasteiger partial charge in [-0.05, 0) is 13.0 Å². The highest BCUT2D eigenvalue weighted by atomic mass is 16.5. The Balaban J connectivity index is 1.39. The summed E-state index contributed by atoms with van der Waals surface area (Å²) in [5.74, 6) is 0.190. The van der Waals surface area contributed by atoms with Crippen molar-refractivity contribution in [3.8, 4) is 0 Å². The van der Waals surface area contributed by atoms with E-state index in [9.17, 15) is 4.79 Å². The van der Waals surface area contributed by atoms with Crippen LogP contribution in [0.2, 0.25) is 0 Å². The van der Waals surface area contributed by atoms with Gasteiger partial charge in [-0.25, -0.2) is 4.98 Å². The summed E-state index contributed by atoms with van der Waals surface area (Å²) in [6, 6.07) is 2.17. The Labute approximate surface area is 146 Å². The lowest BCUT2D eigenvalue weighted by Gasteiger charge is -2.36. The van der Waals surface area contributed by atoms with Crippen LogP contribution in [-0.4, -0.2) is 67.8 Å². The molecular formula is C17H24N6O2. The zero-order valence-electron chi connectivity index (χ0n) is 14.5. The number of carbonyl (C=O) groups is 1. The van der Waals surface area contributed by atoms with Crippen LogP contribution in [0.4, 0.5) is 0 Å². The number of nitrogens with zero attached hydrogens (tertiary/aromatic N) is 5. The molecule has 0 unspecified atom stereocenters. The highest BCUT2D eigenvalue weighted by Gasteiger charge is 2.29. The van der Waals surface area contributed by atoms with Gasteiger partial charge >= 0.3 is 0 Å². The predicted molar refractivity (Wildman–Crippen MR) is 90.6 cm³/mol. The minimum Gasteiger partial charge on any atom is -0.378 e. The largest absolute Gasteiger partial charge is 0.378 e. The molecule has 0 saturated carbocycles. The third kappa shape index (κ3) is 3.59. The van der Waals surface area contributed by atoms with Crippen LogP contribution in [0.15, 0.2) is 18.6 Å². The number of carbonyl (C=O) groups excluding carboxylic acids is 1. The molecule has 1 saturated heterocycles. The second-order valence-electron chi connectivity index (χ2n) is 6.80. The first-order valence-electron chi connectivity index (χ1n) is 8.79. The monoisotopic (exact) mass is 344 g/mol. The van der Waals surface area contributed by atoms with E-state index in [1.807, 2.05) is 22.7 Å². The van der Waals surface area contributed by atoms with Gasteiger partial charge < -0.3 is 14.6 Å². The highest BCUT2D eigenvalue weighted by Crippen LogP contribution is 2.18. The molecule has 1 fully saturated rings. The van der Waals surface area contributed by atoms with Gasteiger partial charge in [0.2, 0.25) is 5.91 Å². The van der Waals surface area contributed by atoms with Gasteiger partial charge in [0, 0.05) is 44.0 Å². The third-order valence-electron chi connectivity index (χ3n) is 4.96. The maximum Gasteiger partial charge on any atom is 0.224 e. The Morgan fingerprint density at radius 3 is 3.16 bits per heavy atom. The summed E-state index contributed by atoms with van der Waals surface area (Å²) in [6.45, 7) is 7.05. The number of H-pyrrole nitrogens is 1. The van der Waals surface area contributed by atoms with Gasteiger partial charge in [-0.3, -0.25) is 14.4 Å². The zero-order chi connectivity index (χ0) is 17.2. The summed E-state index contributed by atoms with van der Waals surface area (Å²) < 4.78 is 7.63. The van der Waals surface area contributed by atoms with Crippen LogP contribution in [0.25, 0.3) is 0 Å². The number of morpholine rings is 1. The number of hydrogen-bond acceptors (Lipinski definition) is 5. The third-order valence-corrected chi connectivity index (χ3v) is 4.96. The fourth-order valence-corrected chi connectivity index (χ4v) is 3.63. The average Bonchev–Trinajstić information content (AvgIpc) is 3.24. The molecule has 8 heteroatoms. The second-order valence-corrected chi connectivity index (χ2v) is 6.80. The normalized spacial score (nSPS) is 21.3. The van der Waals surface area contributed by atoms with Crippen molar-refractivity contribution in [3.05, 3.63) is 35.7 Å². The van der Waals surface area contributed by atoms with Crippen molar-refractivity contribution in [2.75, 3.05) is 26.3 Å². The Morgan fingerprint density at radius 1 is 1.40 bits per heavy atom. The lowest BCUT2D eigenvalue weighted by molar-refractivity contribution is -0.136. The van der Waals surface area contributed by atoms with Gasteiger partial charge in [0.05, 0.1) is 44.0 Å². The molecule has 2 aliphatic rings. The Kier molecular flexibility index (Phi) is 4.54. The van der Waals surface area contributed by atoms with E-state index >= 15 is 0 Å². The lowest BCUT2D eigenvalue weighted by Crippen LogP contribution is -2.48. The van der Waals surface area contributed by atoms with E-state index in [2.05, 4.69) is 26.0 Å². The van der Waals surface area contributed by atoms with Crippen LogP contribution in [-0.2, 0) is 29.2 Å². The van der Waals surface area contributed by atoms with E-state index in [1.54, 1.807) is 6.33 Å². The number of hydrogen-bond donors (Lipinski definition) is 1. The molecule has 4 heterocycles. The highest BCUT2D eigenvalue weighted by molar-refractivity contribution is 5.77. The standard InChI is InChI=1S/C17H24N6O2/c1-13-6-15-10-22(2-3-23(15)20-13)17(24)7-16-11-25-5-4-21(16)9-14-8-18-12-19-14/h6,8,12,16H,2-5,7,9-11H2,1H3,(H,18,19)/t16-/m1/s1. The molecule has 2 aromatic heterocycles. The fraction of sp³-hybridized carbons (Fsp3) is 0.588. The summed E-state index contributed by atoms with van der Waals surface area (Å²) in [6.07, 6.45) is 4.01. The van der Waals surface area contributed by atoms with E-state index in [0.717, 1.165) is 43.3 Å². The maximum absolute atomic E-state index is 12.8. The van der Waals surface area contributed by atoms with Gasteiger partial charge in [0.15, 0.2) is 0 Å². The fourth-order valence-electron chi connectivity index (χ4n) is 3.63. The van der Waals surface area contributed by atoms with Crippen LogP contribution >= 0.6 is 0 Å². The Morgan fingerprint density at radius 2 is 2.32 bits per heavy atom. The predicted octanol–water partition coefficient (Wildman–Crippen LogP) is 0.548. The topological polar surface area (TPSA) is 79.3 Å². The summed E-state index contributed by atoms with van der Waals surface area (Å²) >= 11 is 0. The number of aromatic nitrogens is 4. The minimum atomic E-state index is 0.109. The van der Waals surface area contributed by atoms with Crippen LogP contribution in [0.1, 0.15) is 23.5 Å². The first-order valence-corrected chi connectivity index (χ1v) is 8.79. The summed E-state index contributed by atoms with van der Waals surface area (Å²) in [4.78, 5) is 24.3. The Hall–Kier alpha value is -2.19. The first-order chi connectivity index (χ1) is 12.2. The quantitative estimate of drug-likeness (QED) is 0.876. The number of ether oxygens (including phenoxy) is 1. The van der Waals surface area contributed by atoms with E-state index in [1.165, 1.54) is 0 Å². The second kappa shape index (κ2) is 6.97. The number of rotatable bonds is 4. The van der Waals surface area contributed by atoms with Gasteiger partial charge in [-0.1, -0.05) is 0 Å². The number of fused-ring (bicyclic) bond motifs is 1. The molecule has 25 heavy (non-hydrogen) atoms. The van der Waals surface area contributed by atoms with Crippen LogP contribution < -0.4 is 0 Å². The lowest BCUT2D eigenvalue weighted by atomic mass is 10.1. The number of aryl methyl sites for hydroxylation is 1. The van der Waals surface area contributed by atoms with Crippen molar-refractivity contribution >= 4 is 5.91 Å². The van der Waals surface area contributed by atoms with Gasteiger partial charge in [-0.15, -0.1) is 0 Å². The molecule has 4 rings (SSSR count). The molecule has 134 valence electrons. The van der Waals surface area contributed by atoms with Crippen molar-refractivity contribution in [1.29, 1.82) is 0 Å². The van der Waals surface area contributed by atoms with E-state index in [0.29, 0.717) is 26.2 Å². The van der Waals surface area contributed by atoms with Crippen molar-refractivity contribution in [1.82, 2.24) is 29.5 Å². The zero-order valence-corrected chi connectivity index (χ0v) is 14.5. The van der Waals surface area contributed by atoms with Crippen LogP contribution in [0, 0.1) is 6.92 Å². The molecular weight excluding hydrogens is 320 g/mol. The molecule has 1 atom stereocenters. The molecule has 0 aromatic carbocycles. The molecule has 0 bridgehead atoms. The van der Waals surface area contributed by atoms with Crippen molar-refractivity contribution in [2.24, 2.45) is 0 Å². The molecule has 2 aliphatic heterocycles. The molecule has 8 nitrogen and oxygen atoms in total. The summed E-state index contributed by atoms with van der Waals surface area (Å²) in [5.41, 5.74) is 3.19. The van der Waals surface area contributed by atoms with Gasteiger partial charge in [0.25, 0.3) is 0 Å². The van der Waals surface area contributed by atoms with Gasteiger partial charge in [-0.2, -0.15) is 5.10 Å². The van der Waals surface area contributed by atoms with Crippen LogP contribution in [0.3, 0.4) is 0 Å². The number of aromatic amines is 1. The average molecular weight is 344 g/mol. The summed E-state index contributed by atoms with van der Waals surface area (Å²) in [7, 11) is 0. The van der Waals surface area contributed by atoms with E-state index in [4.69, 9.17) is 4.74 Å². The maximum atomic E-state index is 12.8. The molecule has 0 radical (unpaired) electrons. The number of nitrogens with one attached hydrogen (secondary N) is 1. The van der Waals surface area contributed by atoms with Crippen molar-refractivity contribution in [3.63, 3.8) is 0 Å². The molecule has 0 spiro atoms. The first kappa shape index (κ1) is 16.3. The SMILES string of the molecule is Cc1cc2n(n1)CCN(C(=O)C[C@@H]1COCCN1Cc1cnc[nH]1)C2. The molecule has 1 amide bonds. The van der Waals surface area contributed by atoms with Gasteiger partial charge in [0.1, 0.15) is 0 Å². The Bertz CT molecular complexity index is 726. The summed E-state index contributed by atoms with van der Waals surface area (Å²) in [5, 5.41) is 4.46. The smallest absolute Gasteiger partial charge is 0.224 e. The number of imidazole rings is 1. The van der Waals surface area contributed by atoms with E-state index < -0.39 is 0 Å². The van der Waals surface area contributed by atoms with Crippen LogP contribution in [0.5, 0.6) is 0 Å². The van der Waals surface area contributed by atoms with Crippen molar-refractivity contribution in [2.45, 2.75) is 39.0 Å². The van der Waals surface area contributed by atoms with E-state index in [-0.39, 0.29) is 11.9 Å². The van der Waals surface area contributed by atoms with Crippen molar-refractivity contribution < 1.29 is 9.53 Å². The molecule has 1 N–H and O–H groups in total. The number of amides is 1. The minimum absolute atomic E-state index is 0.109. The molecule has 2 aromatic rings. The molecule has 0 aliphatic carbocycles.